The molecular weight excluding hydrogens is 443 g/mol. The van der Waals surface area contributed by atoms with Gasteiger partial charge in [-0.2, -0.15) is 5.01 Å². The molecule has 0 radical (unpaired) electrons. The number of anilines is 1. The fraction of sp³-hybridized carbons (Fsp3) is 0.250. The van der Waals surface area contributed by atoms with E-state index in [1.807, 2.05) is 0 Å². The minimum Gasteiger partial charge on any atom is -0.497 e. The summed E-state index contributed by atoms with van der Waals surface area (Å²) in [4.78, 5) is 32.0. The fourth-order valence-electron chi connectivity index (χ4n) is 3.85. The number of esters is 2. The molecule has 2 aliphatic rings. The van der Waals surface area contributed by atoms with E-state index in [2.05, 4.69) is 10.1 Å². The van der Waals surface area contributed by atoms with Crippen molar-refractivity contribution in [1.82, 2.24) is 4.90 Å². The Bertz CT molecular complexity index is 1220. The number of hydrogen-bond acceptors (Lipinski definition) is 9. The second-order valence-electron chi connectivity index (χ2n) is 7.38. The molecule has 0 bridgehead atoms. The molecular formula is C24H23FN4O5. The Labute approximate surface area is 195 Å². The van der Waals surface area contributed by atoms with Crippen molar-refractivity contribution in [3.8, 4) is 5.75 Å². The summed E-state index contributed by atoms with van der Waals surface area (Å²) in [5.74, 6) is -0.974. The molecule has 2 aliphatic heterocycles. The molecule has 0 saturated carbocycles. The molecule has 9 nitrogen and oxygen atoms in total. The lowest BCUT2D eigenvalue weighted by Gasteiger charge is -2.35. The van der Waals surface area contributed by atoms with Crippen LogP contribution in [0.1, 0.15) is 25.5 Å². The molecule has 2 aromatic carbocycles. The summed E-state index contributed by atoms with van der Waals surface area (Å²) in [5.41, 5.74) is 1.74. The van der Waals surface area contributed by atoms with Gasteiger partial charge in [-0.15, -0.1) is 5.10 Å². The van der Waals surface area contributed by atoms with Crippen LogP contribution in [-0.2, 0) is 19.1 Å². The van der Waals surface area contributed by atoms with Crippen LogP contribution in [0, 0.1) is 5.82 Å². The van der Waals surface area contributed by atoms with Gasteiger partial charge in [0.1, 0.15) is 11.6 Å². The second-order valence-corrected chi connectivity index (χ2v) is 7.38. The van der Waals surface area contributed by atoms with Crippen LogP contribution in [0.25, 0.3) is 0 Å². The number of guanidine groups is 1. The van der Waals surface area contributed by atoms with Crippen LogP contribution in [0.3, 0.4) is 0 Å². The third-order valence-corrected chi connectivity index (χ3v) is 5.36. The standard InChI is InChI=1S/C24H23FN4O5/c1-5-34-23(31)21-27-29(17-11-9-16(25)10-12-17)24-26-14(2)19(22(30)33-4)20(28(21)24)15-7-6-8-18(13-15)32-3/h6-13,20H,5H2,1-4H3/t20-/m1/s1. The third kappa shape index (κ3) is 3.98. The normalized spacial score (nSPS) is 17.1. The van der Waals surface area contributed by atoms with Crippen LogP contribution in [0.2, 0.25) is 0 Å². The van der Waals surface area contributed by atoms with Crippen molar-refractivity contribution in [2.24, 2.45) is 10.1 Å². The molecule has 2 aromatic rings. The van der Waals surface area contributed by atoms with Crippen LogP contribution in [0.15, 0.2) is 69.9 Å². The minimum absolute atomic E-state index is 0.0772. The lowest BCUT2D eigenvalue weighted by atomic mass is 9.94. The van der Waals surface area contributed by atoms with E-state index in [-0.39, 0.29) is 24.0 Å². The number of amidine groups is 1. The summed E-state index contributed by atoms with van der Waals surface area (Å²) in [6.07, 6.45) is 0. The molecule has 0 fully saturated rings. The summed E-state index contributed by atoms with van der Waals surface area (Å²) in [6, 6.07) is 11.9. The molecule has 0 N–H and O–H groups in total. The van der Waals surface area contributed by atoms with Gasteiger partial charge in [0.2, 0.25) is 11.8 Å². The van der Waals surface area contributed by atoms with Crippen molar-refractivity contribution in [2.75, 3.05) is 25.8 Å². The fourth-order valence-corrected chi connectivity index (χ4v) is 3.85. The number of benzene rings is 2. The van der Waals surface area contributed by atoms with E-state index in [9.17, 15) is 14.0 Å². The maximum Gasteiger partial charge on any atom is 0.376 e. The second kappa shape index (κ2) is 9.34. The van der Waals surface area contributed by atoms with E-state index >= 15 is 0 Å². The van der Waals surface area contributed by atoms with Gasteiger partial charge in [-0.25, -0.2) is 19.0 Å². The Hall–Kier alpha value is -4.21. The molecule has 0 saturated heterocycles. The van der Waals surface area contributed by atoms with Crippen molar-refractivity contribution >= 4 is 29.4 Å². The first kappa shape index (κ1) is 23.0. The Balaban J connectivity index is 1.94. The Morgan fingerprint density at radius 2 is 1.82 bits per heavy atom. The van der Waals surface area contributed by atoms with Gasteiger partial charge in [-0.1, -0.05) is 12.1 Å². The largest absolute Gasteiger partial charge is 0.497 e. The van der Waals surface area contributed by atoms with E-state index in [0.29, 0.717) is 22.7 Å². The third-order valence-electron chi connectivity index (χ3n) is 5.36. The molecule has 0 aliphatic carbocycles. The quantitative estimate of drug-likeness (QED) is 0.603. The minimum atomic E-state index is -0.816. The van der Waals surface area contributed by atoms with Gasteiger partial charge in [0.05, 0.1) is 43.8 Å². The van der Waals surface area contributed by atoms with Gasteiger partial charge >= 0.3 is 11.9 Å². The molecule has 10 heteroatoms. The van der Waals surface area contributed by atoms with Gasteiger partial charge in [0.15, 0.2) is 0 Å². The lowest BCUT2D eigenvalue weighted by Crippen LogP contribution is -2.47. The highest BCUT2D eigenvalue weighted by atomic mass is 19.1. The number of carbonyl (C=O) groups excluding carboxylic acids is 2. The van der Waals surface area contributed by atoms with Crippen LogP contribution in [-0.4, -0.2) is 49.5 Å². The highest BCUT2D eigenvalue weighted by Gasteiger charge is 2.47. The highest BCUT2D eigenvalue weighted by molar-refractivity contribution is 6.41. The summed E-state index contributed by atoms with van der Waals surface area (Å²) in [6.45, 7) is 3.48. The number of fused-ring (bicyclic) bond motifs is 1. The zero-order valence-electron chi connectivity index (χ0n) is 19.1. The number of ether oxygens (including phenoxy) is 3. The van der Waals surface area contributed by atoms with E-state index in [4.69, 9.17) is 14.2 Å². The maximum absolute atomic E-state index is 13.6. The summed E-state index contributed by atoms with van der Waals surface area (Å²) < 4.78 is 29.2. The predicted octanol–water partition coefficient (Wildman–Crippen LogP) is 3.39. The first-order valence-electron chi connectivity index (χ1n) is 10.5. The number of methoxy groups -OCH3 is 2. The number of hydrogen-bond donors (Lipinski definition) is 0. The molecule has 0 unspecified atom stereocenters. The van der Waals surface area contributed by atoms with Gasteiger partial charge in [-0.3, -0.25) is 4.90 Å². The number of rotatable bonds is 6. The van der Waals surface area contributed by atoms with Crippen molar-refractivity contribution < 1.29 is 28.2 Å². The van der Waals surface area contributed by atoms with Gasteiger partial charge in [0.25, 0.3) is 0 Å². The van der Waals surface area contributed by atoms with Crippen LogP contribution >= 0.6 is 0 Å². The summed E-state index contributed by atoms with van der Waals surface area (Å²) in [7, 11) is 2.81. The average molecular weight is 466 g/mol. The van der Waals surface area contributed by atoms with E-state index in [1.54, 1.807) is 38.1 Å². The SMILES string of the molecule is CCOC(=O)C1=NN(c2ccc(F)cc2)C2=NC(C)=C(C(=O)OC)[C@@H](c3cccc(OC)c3)N12. The molecule has 1 atom stereocenters. The Kier molecular flexibility index (Phi) is 6.31. The zero-order chi connectivity index (χ0) is 24.4. The van der Waals surface area contributed by atoms with Crippen molar-refractivity contribution in [2.45, 2.75) is 19.9 Å². The first-order valence-corrected chi connectivity index (χ1v) is 10.5. The monoisotopic (exact) mass is 466 g/mol. The van der Waals surface area contributed by atoms with Crippen LogP contribution in [0.4, 0.5) is 10.1 Å². The Morgan fingerprint density at radius 1 is 1.09 bits per heavy atom. The molecule has 2 heterocycles. The molecule has 0 amide bonds. The van der Waals surface area contributed by atoms with Gasteiger partial charge in [-0.05, 0) is 55.8 Å². The molecule has 4 rings (SSSR count). The lowest BCUT2D eigenvalue weighted by molar-refractivity contribution is -0.138. The molecule has 0 spiro atoms. The smallest absolute Gasteiger partial charge is 0.376 e. The highest BCUT2D eigenvalue weighted by Crippen LogP contribution is 2.40. The summed E-state index contributed by atoms with van der Waals surface area (Å²) >= 11 is 0. The van der Waals surface area contributed by atoms with Crippen molar-refractivity contribution in [1.29, 1.82) is 0 Å². The number of halogens is 1. The number of allylic oxidation sites excluding steroid dienone is 1. The number of carbonyl (C=O) groups is 2. The topological polar surface area (TPSA) is 93.0 Å². The average Bonchev–Trinajstić information content (AvgIpc) is 3.22. The molecule has 34 heavy (non-hydrogen) atoms. The Morgan fingerprint density at radius 3 is 2.47 bits per heavy atom. The zero-order valence-corrected chi connectivity index (χ0v) is 19.1. The predicted molar refractivity (Wildman–Crippen MR) is 123 cm³/mol. The van der Waals surface area contributed by atoms with Gasteiger partial charge < -0.3 is 14.2 Å². The van der Waals surface area contributed by atoms with E-state index in [0.717, 1.165) is 0 Å². The summed E-state index contributed by atoms with van der Waals surface area (Å²) in [5, 5.41) is 5.87. The van der Waals surface area contributed by atoms with E-state index < -0.39 is 23.8 Å². The van der Waals surface area contributed by atoms with Crippen LogP contribution in [0.5, 0.6) is 5.75 Å². The maximum atomic E-state index is 13.6. The number of nitrogens with zero attached hydrogens (tertiary/aromatic N) is 4. The first-order chi connectivity index (χ1) is 16.4. The number of hydrazone groups is 1. The molecule has 0 aromatic heterocycles. The van der Waals surface area contributed by atoms with E-state index in [1.165, 1.54) is 48.4 Å². The van der Waals surface area contributed by atoms with Gasteiger partial charge in [0, 0.05) is 0 Å². The van der Waals surface area contributed by atoms with Crippen molar-refractivity contribution in [3.05, 3.63) is 71.2 Å². The number of aliphatic imine (C=N–C) groups is 1. The van der Waals surface area contributed by atoms with Crippen LogP contribution < -0.4 is 9.75 Å². The van der Waals surface area contributed by atoms with Crippen molar-refractivity contribution in [3.63, 3.8) is 0 Å². The molecule has 176 valence electrons.